The third-order valence-electron chi connectivity index (χ3n) is 3.32. The highest BCUT2D eigenvalue weighted by molar-refractivity contribution is 8.29. The van der Waals surface area contributed by atoms with Gasteiger partial charge in [0.05, 0.1) is 6.54 Å². The molecule has 1 fully saturated rings. The van der Waals surface area contributed by atoms with E-state index in [4.69, 9.17) is 4.99 Å². The van der Waals surface area contributed by atoms with Crippen molar-refractivity contribution in [3.63, 3.8) is 0 Å². The first-order chi connectivity index (χ1) is 9.04. The van der Waals surface area contributed by atoms with Crippen LogP contribution in [0.2, 0.25) is 19.6 Å². The Hall–Kier alpha value is -0.543. The van der Waals surface area contributed by atoms with Gasteiger partial charge in [0.1, 0.15) is 7.22 Å². The lowest BCUT2D eigenvalue weighted by atomic mass is 9.98. The van der Waals surface area contributed by atoms with Crippen LogP contribution in [0.15, 0.2) is 35.3 Å². The Kier molecular flexibility index (Phi) is 5.28. The SMILES string of the molecule is C[Si](C)(C)SC1CCCCC1=NCc1ccccc1. The van der Waals surface area contributed by atoms with Crippen LogP contribution in [0.5, 0.6) is 0 Å². The van der Waals surface area contributed by atoms with Crippen molar-refractivity contribution in [2.45, 2.75) is 57.1 Å². The minimum absolute atomic E-state index is 0.698. The number of hydrogen-bond acceptors (Lipinski definition) is 2. The van der Waals surface area contributed by atoms with Crippen molar-refractivity contribution in [2.75, 3.05) is 0 Å². The lowest BCUT2D eigenvalue weighted by Gasteiger charge is -2.29. The van der Waals surface area contributed by atoms with Gasteiger partial charge < -0.3 is 0 Å². The van der Waals surface area contributed by atoms with E-state index in [1.54, 1.807) is 0 Å². The van der Waals surface area contributed by atoms with E-state index in [0.29, 0.717) is 5.25 Å². The molecule has 1 saturated carbocycles. The highest BCUT2D eigenvalue weighted by atomic mass is 32.4. The molecule has 1 aliphatic rings. The van der Waals surface area contributed by atoms with Gasteiger partial charge in [-0.1, -0.05) is 56.4 Å². The van der Waals surface area contributed by atoms with E-state index >= 15 is 0 Å². The molecule has 1 atom stereocenters. The summed E-state index contributed by atoms with van der Waals surface area (Å²) in [4.78, 5) is 4.94. The largest absolute Gasteiger partial charge is 0.288 e. The third kappa shape index (κ3) is 5.15. The lowest BCUT2D eigenvalue weighted by Crippen LogP contribution is -2.29. The van der Waals surface area contributed by atoms with Gasteiger partial charge in [0.15, 0.2) is 0 Å². The van der Waals surface area contributed by atoms with Crippen LogP contribution < -0.4 is 0 Å². The predicted octanol–water partition coefficient (Wildman–Crippen LogP) is 5.14. The quantitative estimate of drug-likeness (QED) is 0.700. The molecule has 1 nitrogen and oxygen atoms in total. The van der Waals surface area contributed by atoms with Gasteiger partial charge in [-0.2, -0.15) is 11.2 Å². The normalized spacial score (nSPS) is 22.7. The van der Waals surface area contributed by atoms with Gasteiger partial charge in [-0.05, 0) is 24.8 Å². The standard InChI is InChI=1S/C16H25NSSi/c1-19(2,3)18-16-12-8-7-11-15(16)17-13-14-9-5-4-6-10-14/h4-6,9-10,16H,7-8,11-13H2,1-3H3. The number of rotatable bonds is 4. The molecule has 0 aromatic heterocycles. The summed E-state index contributed by atoms with van der Waals surface area (Å²) in [5.41, 5.74) is 2.81. The maximum atomic E-state index is 4.94. The maximum Gasteiger partial charge on any atom is 0.109 e. The molecule has 0 radical (unpaired) electrons. The van der Waals surface area contributed by atoms with E-state index in [1.165, 1.54) is 37.0 Å². The molecule has 0 aliphatic heterocycles. The Balaban J connectivity index is 2.02. The average molecular weight is 292 g/mol. The summed E-state index contributed by atoms with van der Waals surface area (Å²) >= 11 is 2.23. The Morgan fingerprint density at radius 1 is 1.16 bits per heavy atom. The van der Waals surface area contributed by atoms with Crippen molar-refractivity contribution in [3.8, 4) is 0 Å². The second kappa shape index (κ2) is 6.75. The number of hydrogen-bond donors (Lipinski definition) is 0. The third-order valence-corrected chi connectivity index (χ3v) is 7.80. The summed E-state index contributed by atoms with van der Waals surface area (Å²) in [5.74, 6) is 0. The minimum Gasteiger partial charge on any atom is -0.288 e. The van der Waals surface area contributed by atoms with Crippen LogP contribution in [0.25, 0.3) is 0 Å². The Labute approximate surface area is 122 Å². The lowest BCUT2D eigenvalue weighted by molar-refractivity contribution is 0.672. The highest BCUT2D eigenvalue weighted by Crippen LogP contribution is 2.33. The zero-order valence-electron chi connectivity index (χ0n) is 12.4. The molecule has 1 aromatic rings. The van der Waals surface area contributed by atoms with Gasteiger partial charge in [0.2, 0.25) is 0 Å². The van der Waals surface area contributed by atoms with Crippen molar-refractivity contribution in [1.29, 1.82) is 0 Å². The molecule has 1 unspecified atom stereocenters. The topological polar surface area (TPSA) is 12.4 Å². The first-order valence-electron chi connectivity index (χ1n) is 7.29. The monoisotopic (exact) mass is 291 g/mol. The second-order valence-corrected chi connectivity index (χ2v) is 15.7. The summed E-state index contributed by atoms with van der Waals surface area (Å²) in [5, 5.41) is 0.698. The zero-order chi connectivity index (χ0) is 13.7. The van der Waals surface area contributed by atoms with Crippen LogP contribution in [-0.4, -0.2) is 18.2 Å². The molecule has 0 spiro atoms. The van der Waals surface area contributed by atoms with Gasteiger partial charge >= 0.3 is 0 Å². The number of aliphatic imine (C=N–C) groups is 1. The van der Waals surface area contributed by atoms with E-state index in [0.717, 1.165) is 6.54 Å². The molecular weight excluding hydrogens is 266 g/mol. The van der Waals surface area contributed by atoms with Gasteiger partial charge in [-0.3, -0.25) is 4.99 Å². The maximum absolute atomic E-state index is 4.94. The van der Waals surface area contributed by atoms with Crippen LogP contribution in [0, 0.1) is 0 Å². The molecule has 0 saturated heterocycles. The minimum atomic E-state index is -1.06. The average Bonchev–Trinajstić information content (AvgIpc) is 2.37. The second-order valence-electron chi connectivity index (χ2n) is 6.26. The molecule has 3 heteroatoms. The van der Waals surface area contributed by atoms with Crippen LogP contribution in [0.3, 0.4) is 0 Å². The molecule has 19 heavy (non-hydrogen) atoms. The van der Waals surface area contributed by atoms with Crippen LogP contribution in [-0.2, 0) is 6.54 Å². The fourth-order valence-electron chi connectivity index (χ4n) is 2.47. The molecule has 2 rings (SSSR count). The van der Waals surface area contributed by atoms with Gasteiger partial charge in [-0.25, -0.2) is 0 Å². The van der Waals surface area contributed by atoms with Gasteiger partial charge in [-0.15, -0.1) is 0 Å². The van der Waals surface area contributed by atoms with E-state index in [2.05, 4.69) is 61.2 Å². The molecule has 0 bridgehead atoms. The number of benzene rings is 1. The zero-order valence-corrected chi connectivity index (χ0v) is 14.2. The molecule has 0 amide bonds. The summed E-state index contributed by atoms with van der Waals surface area (Å²) in [6.07, 6.45) is 5.26. The van der Waals surface area contributed by atoms with E-state index in [1.807, 2.05) is 0 Å². The molecule has 0 N–H and O–H groups in total. The van der Waals surface area contributed by atoms with Gasteiger partial charge in [0, 0.05) is 11.0 Å². The van der Waals surface area contributed by atoms with Crippen molar-refractivity contribution in [2.24, 2.45) is 4.99 Å². The molecule has 1 aliphatic carbocycles. The first kappa shape index (κ1) is 14.9. The highest BCUT2D eigenvalue weighted by Gasteiger charge is 2.26. The fourth-order valence-corrected chi connectivity index (χ4v) is 7.26. The predicted molar refractivity (Wildman–Crippen MR) is 90.8 cm³/mol. The van der Waals surface area contributed by atoms with E-state index < -0.39 is 7.22 Å². The van der Waals surface area contributed by atoms with Gasteiger partial charge in [0.25, 0.3) is 0 Å². The van der Waals surface area contributed by atoms with Crippen molar-refractivity contribution in [1.82, 2.24) is 0 Å². The van der Waals surface area contributed by atoms with E-state index in [9.17, 15) is 0 Å². The molecule has 1 aromatic carbocycles. The summed E-state index contributed by atoms with van der Waals surface area (Å²) < 4.78 is 0. The summed E-state index contributed by atoms with van der Waals surface area (Å²) in [6, 6.07) is 10.6. The fraction of sp³-hybridized carbons (Fsp3) is 0.562. The Bertz CT molecular complexity index is 422. The van der Waals surface area contributed by atoms with E-state index in [-0.39, 0.29) is 0 Å². The van der Waals surface area contributed by atoms with Crippen LogP contribution in [0.4, 0.5) is 0 Å². The van der Waals surface area contributed by atoms with Crippen molar-refractivity contribution >= 4 is 24.1 Å². The summed E-state index contributed by atoms with van der Waals surface area (Å²) in [7, 11) is -1.06. The molecular formula is C16H25NSSi. The van der Waals surface area contributed by atoms with Crippen molar-refractivity contribution < 1.29 is 0 Å². The van der Waals surface area contributed by atoms with Crippen LogP contribution in [0.1, 0.15) is 31.2 Å². The smallest absolute Gasteiger partial charge is 0.109 e. The van der Waals surface area contributed by atoms with Crippen molar-refractivity contribution in [3.05, 3.63) is 35.9 Å². The molecule has 0 heterocycles. The molecule has 104 valence electrons. The number of nitrogens with zero attached hydrogens (tertiary/aromatic N) is 1. The Morgan fingerprint density at radius 3 is 2.58 bits per heavy atom. The van der Waals surface area contributed by atoms with Crippen LogP contribution >= 0.6 is 11.2 Å². The first-order valence-corrected chi connectivity index (χ1v) is 12.4. The summed E-state index contributed by atoms with van der Waals surface area (Å²) in [6.45, 7) is 8.20. The Morgan fingerprint density at radius 2 is 1.89 bits per heavy atom.